The monoisotopic (exact) mass is 271 g/mol. The van der Waals surface area contributed by atoms with Gasteiger partial charge in [-0.1, -0.05) is 23.8 Å². The molecule has 4 nitrogen and oxygen atoms in total. The average Bonchev–Trinajstić information content (AvgIpc) is 2.30. The van der Waals surface area contributed by atoms with Crippen LogP contribution in [0.3, 0.4) is 0 Å². The van der Waals surface area contributed by atoms with Gasteiger partial charge in [-0.25, -0.2) is 5.01 Å². The largest absolute Gasteiger partial charge is 0.389 e. The lowest BCUT2D eigenvalue weighted by molar-refractivity contribution is 0.0497. The van der Waals surface area contributed by atoms with Gasteiger partial charge in [0, 0.05) is 18.7 Å². The molecule has 1 aromatic rings. The zero-order chi connectivity index (χ0) is 12.3. The van der Waals surface area contributed by atoms with E-state index in [1.54, 1.807) is 0 Å². The SMILES string of the molecule is NC(=S)c1ccc(NN2CCOCC2)cc1Cl. The lowest BCUT2D eigenvalue weighted by Crippen LogP contribution is -2.40. The maximum atomic E-state index is 6.09. The molecule has 1 aliphatic heterocycles. The van der Waals surface area contributed by atoms with E-state index in [4.69, 9.17) is 34.3 Å². The molecule has 0 bridgehead atoms. The Labute approximate surface area is 111 Å². The summed E-state index contributed by atoms with van der Waals surface area (Å²) in [6.07, 6.45) is 0. The Balaban J connectivity index is 2.06. The van der Waals surface area contributed by atoms with E-state index in [9.17, 15) is 0 Å². The van der Waals surface area contributed by atoms with Gasteiger partial charge in [0.25, 0.3) is 0 Å². The summed E-state index contributed by atoms with van der Waals surface area (Å²) >= 11 is 11.0. The molecule has 1 fully saturated rings. The summed E-state index contributed by atoms with van der Waals surface area (Å²) in [6.45, 7) is 3.20. The molecule has 92 valence electrons. The molecule has 0 atom stereocenters. The Morgan fingerprint density at radius 1 is 1.41 bits per heavy atom. The summed E-state index contributed by atoms with van der Waals surface area (Å²) in [5.41, 5.74) is 10.5. The van der Waals surface area contributed by atoms with Gasteiger partial charge in [-0.05, 0) is 18.2 Å². The minimum absolute atomic E-state index is 0.313. The van der Waals surface area contributed by atoms with Crippen molar-refractivity contribution in [3.05, 3.63) is 28.8 Å². The van der Waals surface area contributed by atoms with E-state index >= 15 is 0 Å². The highest BCUT2D eigenvalue weighted by Crippen LogP contribution is 2.21. The Bertz CT molecular complexity index is 421. The highest BCUT2D eigenvalue weighted by molar-refractivity contribution is 7.80. The molecule has 0 spiro atoms. The summed E-state index contributed by atoms with van der Waals surface area (Å²) in [5, 5.41) is 2.66. The molecule has 0 aliphatic carbocycles. The number of halogens is 1. The number of thiocarbonyl (C=S) groups is 1. The number of ether oxygens (including phenoxy) is 1. The van der Waals surface area contributed by atoms with Crippen LogP contribution in [-0.2, 0) is 4.74 Å². The van der Waals surface area contributed by atoms with Crippen LogP contribution in [0.5, 0.6) is 0 Å². The molecule has 17 heavy (non-hydrogen) atoms. The fourth-order valence-corrected chi connectivity index (χ4v) is 2.16. The zero-order valence-corrected chi connectivity index (χ0v) is 10.9. The number of hydrogen-bond acceptors (Lipinski definition) is 4. The molecule has 6 heteroatoms. The second-order valence-electron chi connectivity index (χ2n) is 3.77. The van der Waals surface area contributed by atoms with Gasteiger partial charge in [0.1, 0.15) is 4.99 Å². The Kier molecular flexibility index (Phi) is 4.17. The molecule has 2 rings (SSSR count). The van der Waals surface area contributed by atoms with E-state index in [1.165, 1.54) is 0 Å². The first-order valence-corrected chi connectivity index (χ1v) is 6.14. The smallest absolute Gasteiger partial charge is 0.105 e. The highest BCUT2D eigenvalue weighted by Gasteiger charge is 2.11. The van der Waals surface area contributed by atoms with Crippen molar-refractivity contribution in [2.24, 2.45) is 5.73 Å². The third-order valence-corrected chi connectivity index (χ3v) is 3.07. The van der Waals surface area contributed by atoms with E-state index < -0.39 is 0 Å². The number of morpholine rings is 1. The number of hydrazine groups is 1. The van der Waals surface area contributed by atoms with Crippen molar-refractivity contribution in [2.45, 2.75) is 0 Å². The van der Waals surface area contributed by atoms with Crippen LogP contribution in [0.15, 0.2) is 18.2 Å². The van der Waals surface area contributed by atoms with E-state index in [2.05, 4.69) is 10.4 Å². The first-order chi connectivity index (χ1) is 8.16. The molecule has 1 heterocycles. The Morgan fingerprint density at radius 2 is 2.12 bits per heavy atom. The quantitative estimate of drug-likeness (QED) is 0.819. The van der Waals surface area contributed by atoms with E-state index in [0.717, 1.165) is 32.0 Å². The number of hydrogen-bond donors (Lipinski definition) is 2. The summed E-state index contributed by atoms with van der Waals surface area (Å²) in [7, 11) is 0. The number of anilines is 1. The van der Waals surface area contributed by atoms with Crippen molar-refractivity contribution < 1.29 is 4.74 Å². The van der Waals surface area contributed by atoms with Crippen molar-refractivity contribution in [2.75, 3.05) is 31.7 Å². The number of nitrogens with zero attached hydrogens (tertiary/aromatic N) is 1. The van der Waals surface area contributed by atoms with Gasteiger partial charge in [-0.2, -0.15) is 0 Å². The maximum Gasteiger partial charge on any atom is 0.105 e. The summed E-state index contributed by atoms with van der Waals surface area (Å²) < 4.78 is 5.27. The average molecular weight is 272 g/mol. The summed E-state index contributed by atoms with van der Waals surface area (Å²) in [6, 6.07) is 5.56. The fourth-order valence-electron chi connectivity index (χ4n) is 1.64. The molecule has 0 amide bonds. The van der Waals surface area contributed by atoms with Crippen molar-refractivity contribution in [3.63, 3.8) is 0 Å². The second-order valence-corrected chi connectivity index (χ2v) is 4.62. The second kappa shape index (κ2) is 5.64. The molecule has 1 aromatic carbocycles. The highest BCUT2D eigenvalue weighted by atomic mass is 35.5. The first-order valence-electron chi connectivity index (χ1n) is 5.35. The van der Waals surface area contributed by atoms with Crippen LogP contribution in [0.25, 0.3) is 0 Å². The number of benzene rings is 1. The van der Waals surface area contributed by atoms with Crippen LogP contribution in [0.4, 0.5) is 5.69 Å². The summed E-state index contributed by atoms with van der Waals surface area (Å²) in [4.78, 5) is 0.313. The van der Waals surface area contributed by atoms with Gasteiger partial charge in [0.2, 0.25) is 0 Å². The van der Waals surface area contributed by atoms with Gasteiger partial charge in [0.15, 0.2) is 0 Å². The summed E-state index contributed by atoms with van der Waals surface area (Å²) in [5.74, 6) is 0. The van der Waals surface area contributed by atoms with Crippen molar-refractivity contribution in [1.29, 1.82) is 0 Å². The number of nitrogens with two attached hydrogens (primary N) is 1. The Morgan fingerprint density at radius 3 is 2.71 bits per heavy atom. The minimum atomic E-state index is 0.313. The van der Waals surface area contributed by atoms with Crippen LogP contribution >= 0.6 is 23.8 Å². The molecular formula is C11H14ClN3OS. The zero-order valence-electron chi connectivity index (χ0n) is 9.28. The van der Waals surface area contributed by atoms with Crippen molar-refractivity contribution >= 4 is 34.5 Å². The van der Waals surface area contributed by atoms with Crippen LogP contribution in [0.2, 0.25) is 5.02 Å². The van der Waals surface area contributed by atoms with Crippen LogP contribution in [-0.4, -0.2) is 36.3 Å². The van der Waals surface area contributed by atoms with Gasteiger partial charge in [-0.3, -0.25) is 0 Å². The molecule has 0 saturated carbocycles. The predicted octanol–water partition coefficient (Wildman–Crippen LogP) is 1.63. The lowest BCUT2D eigenvalue weighted by Gasteiger charge is -2.28. The van der Waals surface area contributed by atoms with Crippen LogP contribution in [0, 0.1) is 0 Å². The third-order valence-electron chi connectivity index (χ3n) is 2.53. The van der Waals surface area contributed by atoms with Crippen LogP contribution in [0.1, 0.15) is 5.56 Å². The van der Waals surface area contributed by atoms with Gasteiger partial charge < -0.3 is 15.9 Å². The lowest BCUT2D eigenvalue weighted by atomic mass is 10.2. The molecule has 0 aromatic heterocycles. The fraction of sp³-hybridized carbons (Fsp3) is 0.364. The molecule has 0 radical (unpaired) electrons. The molecule has 3 N–H and O–H groups in total. The van der Waals surface area contributed by atoms with Crippen LogP contribution < -0.4 is 11.2 Å². The Hall–Kier alpha value is -0.880. The number of nitrogens with one attached hydrogen (secondary N) is 1. The first kappa shape index (κ1) is 12.6. The predicted molar refractivity (Wildman–Crippen MR) is 73.4 cm³/mol. The van der Waals surface area contributed by atoms with Gasteiger partial charge >= 0.3 is 0 Å². The standard InChI is InChI=1S/C11H14ClN3OS/c12-10-7-8(1-2-9(10)11(13)17)14-15-3-5-16-6-4-15/h1-2,7,14H,3-6H2,(H2,13,17). The minimum Gasteiger partial charge on any atom is -0.389 e. The third kappa shape index (κ3) is 3.29. The maximum absolute atomic E-state index is 6.09. The van der Waals surface area contributed by atoms with Gasteiger partial charge in [0.05, 0.1) is 23.9 Å². The number of rotatable bonds is 3. The van der Waals surface area contributed by atoms with E-state index in [-0.39, 0.29) is 0 Å². The van der Waals surface area contributed by atoms with Gasteiger partial charge in [-0.15, -0.1) is 0 Å². The normalized spacial score (nSPS) is 16.8. The molecule has 1 saturated heterocycles. The van der Waals surface area contributed by atoms with E-state index in [0.29, 0.717) is 15.6 Å². The molecule has 1 aliphatic rings. The molecule has 0 unspecified atom stereocenters. The topological polar surface area (TPSA) is 50.5 Å². The molecular weight excluding hydrogens is 258 g/mol. The van der Waals surface area contributed by atoms with Crippen molar-refractivity contribution in [1.82, 2.24) is 5.01 Å². The van der Waals surface area contributed by atoms with E-state index in [1.807, 2.05) is 18.2 Å². The van der Waals surface area contributed by atoms with Crippen molar-refractivity contribution in [3.8, 4) is 0 Å².